The molecule has 0 atom stereocenters. The zero-order valence-electron chi connectivity index (χ0n) is 17.7. The molecule has 1 saturated carbocycles. The highest BCUT2D eigenvalue weighted by Crippen LogP contribution is 2.34. The van der Waals surface area contributed by atoms with Crippen LogP contribution in [0.5, 0.6) is 11.6 Å². The number of urea groups is 1. The first-order chi connectivity index (χ1) is 14.8. The van der Waals surface area contributed by atoms with Gasteiger partial charge in [-0.15, -0.1) is 0 Å². The molecule has 8 heteroatoms. The van der Waals surface area contributed by atoms with Crippen LogP contribution >= 0.6 is 0 Å². The maximum atomic E-state index is 12.6. The highest BCUT2D eigenvalue weighted by atomic mass is 16.5. The second-order valence-electron chi connectivity index (χ2n) is 8.36. The van der Waals surface area contributed by atoms with E-state index < -0.39 is 11.6 Å². The van der Waals surface area contributed by atoms with Gasteiger partial charge in [-0.1, -0.05) is 18.2 Å². The molecule has 1 aliphatic heterocycles. The van der Waals surface area contributed by atoms with E-state index in [2.05, 4.69) is 20.9 Å². The third-order valence-corrected chi connectivity index (χ3v) is 6.05. The molecule has 0 bridgehead atoms. The van der Waals surface area contributed by atoms with Crippen LogP contribution in [0.1, 0.15) is 42.4 Å². The van der Waals surface area contributed by atoms with E-state index in [4.69, 9.17) is 4.74 Å². The zero-order valence-corrected chi connectivity index (χ0v) is 17.7. The summed E-state index contributed by atoms with van der Waals surface area (Å²) < 4.78 is 5.87. The summed E-state index contributed by atoms with van der Waals surface area (Å²) >= 11 is 0. The van der Waals surface area contributed by atoms with Gasteiger partial charge in [-0.05, 0) is 62.3 Å². The minimum atomic E-state index is -0.844. The summed E-state index contributed by atoms with van der Waals surface area (Å²) in [5, 5.41) is 7.95. The van der Waals surface area contributed by atoms with E-state index in [9.17, 15) is 14.4 Å². The first-order valence-electron chi connectivity index (χ1n) is 10.5. The van der Waals surface area contributed by atoms with Gasteiger partial charge in [0.05, 0.1) is 0 Å². The number of carbonyl (C=O) groups is 3. The van der Waals surface area contributed by atoms with Crippen LogP contribution in [0.3, 0.4) is 0 Å². The number of aromatic nitrogens is 1. The summed E-state index contributed by atoms with van der Waals surface area (Å²) in [6.07, 6.45) is 3.74. The topological polar surface area (TPSA) is 109 Å². The third kappa shape index (κ3) is 4.52. The van der Waals surface area contributed by atoms with Crippen LogP contribution in [0.15, 0.2) is 36.5 Å². The van der Waals surface area contributed by atoms with Crippen molar-refractivity contribution in [1.82, 2.24) is 20.9 Å². The summed E-state index contributed by atoms with van der Waals surface area (Å²) in [7, 11) is 0. The number of ether oxygens (including phenoxy) is 1. The molecule has 2 heterocycles. The van der Waals surface area contributed by atoms with Crippen LogP contribution in [0.25, 0.3) is 0 Å². The predicted octanol–water partition coefficient (Wildman–Crippen LogP) is 2.88. The lowest BCUT2D eigenvalue weighted by Crippen LogP contribution is -2.50. The number of aryl methyl sites for hydroxylation is 2. The van der Waals surface area contributed by atoms with Crippen LogP contribution in [0.4, 0.5) is 4.79 Å². The second-order valence-corrected chi connectivity index (χ2v) is 8.36. The minimum absolute atomic E-state index is 0.0460. The lowest BCUT2D eigenvalue weighted by Gasteiger charge is -2.33. The van der Waals surface area contributed by atoms with E-state index in [1.54, 1.807) is 12.3 Å². The van der Waals surface area contributed by atoms with Gasteiger partial charge in [-0.25, -0.2) is 9.78 Å². The zero-order chi connectivity index (χ0) is 22.0. The number of hydrogen-bond donors (Lipinski definition) is 3. The smallest absolute Gasteiger partial charge is 0.322 e. The number of imide groups is 1. The molecule has 2 aliphatic rings. The van der Waals surface area contributed by atoms with E-state index in [1.165, 1.54) is 0 Å². The van der Waals surface area contributed by atoms with E-state index in [0.717, 1.165) is 22.4 Å². The van der Waals surface area contributed by atoms with Crippen molar-refractivity contribution in [1.29, 1.82) is 0 Å². The Bertz CT molecular complexity index is 1010. The monoisotopic (exact) mass is 422 g/mol. The molecule has 3 N–H and O–H groups in total. The molecule has 31 heavy (non-hydrogen) atoms. The lowest BCUT2D eigenvalue weighted by molar-refractivity contribution is -0.130. The molecule has 1 aliphatic carbocycles. The number of nitrogens with zero attached hydrogens (tertiary/aromatic N) is 1. The third-order valence-electron chi connectivity index (χ3n) is 6.05. The molecule has 4 rings (SSSR count). The number of benzene rings is 1. The van der Waals surface area contributed by atoms with Gasteiger partial charge in [-0.2, -0.15) is 0 Å². The average Bonchev–Trinajstić information content (AvgIpc) is 3.03. The first-order valence-corrected chi connectivity index (χ1v) is 10.5. The van der Waals surface area contributed by atoms with E-state index in [0.29, 0.717) is 38.1 Å². The standard InChI is InChI=1S/C23H26N4O4/c1-14-3-4-15(2)18(11-14)31-19-6-5-16(12-24-19)13-25-20(28)17-7-9-23(10-8-17)21(29)26-22(30)27-23/h3-6,11-12,17H,7-10,13H2,1-2H3,(H,25,28)(H2,26,27,29,30). The molecule has 1 aromatic carbocycles. The van der Waals surface area contributed by atoms with Gasteiger partial charge in [0.15, 0.2) is 0 Å². The van der Waals surface area contributed by atoms with Crippen molar-refractivity contribution >= 4 is 17.8 Å². The Morgan fingerprint density at radius 2 is 1.97 bits per heavy atom. The largest absolute Gasteiger partial charge is 0.439 e. The molecule has 1 saturated heterocycles. The summed E-state index contributed by atoms with van der Waals surface area (Å²) in [5.41, 5.74) is 2.18. The van der Waals surface area contributed by atoms with Gasteiger partial charge < -0.3 is 15.4 Å². The predicted molar refractivity (Wildman–Crippen MR) is 113 cm³/mol. The molecular formula is C23H26N4O4. The SMILES string of the molecule is Cc1ccc(C)c(Oc2ccc(CNC(=O)C3CCC4(CC3)NC(=O)NC4=O)cn2)c1. The van der Waals surface area contributed by atoms with Gasteiger partial charge in [0, 0.05) is 24.7 Å². The molecule has 1 aromatic heterocycles. The van der Waals surface area contributed by atoms with Crippen LogP contribution in [0.2, 0.25) is 0 Å². The lowest BCUT2D eigenvalue weighted by atomic mass is 9.76. The quantitative estimate of drug-likeness (QED) is 0.642. The summed E-state index contributed by atoms with van der Waals surface area (Å²) in [6, 6.07) is 9.23. The number of carbonyl (C=O) groups excluding carboxylic acids is 3. The number of nitrogens with one attached hydrogen (secondary N) is 3. The first kappa shape index (κ1) is 20.8. The van der Waals surface area contributed by atoms with Gasteiger partial charge in [0.2, 0.25) is 11.8 Å². The van der Waals surface area contributed by atoms with Crippen molar-refractivity contribution in [3.63, 3.8) is 0 Å². The molecule has 2 aromatic rings. The average molecular weight is 422 g/mol. The molecule has 8 nitrogen and oxygen atoms in total. The molecule has 0 unspecified atom stereocenters. The Labute approximate surface area is 180 Å². The fourth-order valence-corrected chi connectivity index (χ4v) is 4.09. The number of rotatable bonds is 5. The summed E-state index contributed by atoms with van der Waals surface area (Å²) in [4.78, 5) is 40.3. The summed E-state index contributed by atoms with van der Waals surface area (Å²) in [6.45, 7) is 4.36. The Morgan fingerprint density at radius 3 is 2.61 bits per heavy atom. The van der Waals surface area contributed by atoms with Crippen molar-refractivity contribution in [3.05, 3.63) is 53.2 Å². The Morgan fingerprint density at radius 1 is 1.19 bits per heavy atom. The fraction of sp³-hybridized carbons (Fsp3) is 0.391. The van der Waals surface area contributed by atoms with Gasteiger partial charge in [-0.3, -0.25) is 14.9 Å². The Kier molecular flexibility index (Phi) is 5.63. The highest BCUT2D eigenvalue weighted by molar-refractivity contribution is 6.07. The molecule has 4 amide bonds. The van der Waals surface area contributed by atoms with E-state index >= 15 is 0 Å². The maximum absolute atomic E-state index is 12.6. The van der Waals surface area contributed by atoms with Crippen LogP contribution in [-0.4, -0.2) is 28.4 Å². The highest BCUT2D eigenvalue weighted by Gasteiger charge is 2.48. The van der Waals surface area contributed by atoms with Crippen molar-refractivity contribution in [2.75, 3.05) is 0 Å². The van der Waals surface area contributed by atoms with Crippen LogP contribution in [0, 0.1) is 19.8 Å². The second kappa shape index (κ2) is 8.37. The number of pyridine rings is 1. The van der Waals surface area contributed by atoms with Gasteiger partial charge in [0.1, 0.15) is 11.3 Å². The fourth-order valence-electron chi connectivity index (χ4n) is 4.09. The van der Waals surface area contributed by atoms with Crippen molar-refractivity contribution < 1.29 is 19.1 Å². The van der Waals surface area contributed by atoms with E-state index in [-0.39, 0.29) is 17.7 Å². The maximum Gasteiger partial charge on any atom is 0.322 e. The number of amides is 4. The molecule has 1 spiro atoms. The molecule has 0 radical (unpaired) electrons. The summed E-state index contributed by atoms with van der Waals surface area (Å²) in [5.74, 6) is 0.769. The van der Waals surface area contributed by atoms with Gasteiger partial charge >= 0.3 is 6.03 Å². The van der Waals surface area contributed by atoms with Crippen molar-refractivity contribution in [2.45, 2.75) is 51.6 Å². The Hall–Kier alpha value is -3.42. The molecular weight excluding hydrogens is 396 g/mol. The van der Waals surface area contributed by atoms with Crippen molar-refractivity contribution in [2.24, 2.45) is 5.92 Å². The van der Waals surface area contributed by atoms with Crippen molar-refractivity contribution in [3.8, 4) is 11.6 Å². The van der Waals surface area contributed by atoms with Gasteiger partial charge in [0.25, 0.3) is 5.91 Å². The minimum Gasteiger partial charge on any atom is -0.439 e. The molecule has 162 valence electrons. The Balaban J connectivity index is 1.28. The molecule has 2 fully saturated rings. The normalized spacial score (nSPS) is 22.7. The number of hydrogen-bond acceptors (Lipinski definition) is 5. The van der Waals surface area contributed by atoms with Crippen LogP contribution < -0.4 is 20.7 Å². The van der Waals surface area contributed by atoms with Crippen LogP contribution in [-0.2, 0) is 16.1 Å². The van der Waals surface area contributed by atoms with E-state index in [1.807, 2.05) is 38.1 Å².